The number of nitrogens with zero attached hydrogens (tertiary/aromatic N) is 2. The van der Waals surface area contributed by atoms with Crippen LogP contribution in [-0.2, 0) is 22.7 Å². The molecule has 0 aliphatic rings. The molecule has 19 heavy (non-hydrogen) atoms. The Morgan fingerprint density at radius 1 is 1.42 bits per heavy atom. The molecule has 5 nitrogen and oxygen atoms in total. The lowest BCUT2D eigenvalue weighted by Gasteiger charge is -2.06. The minimum absolute atomic E-state index is 0.0201. The summed E-state index contributed by atoms with van der Waals surface area (Å²) in [5.41, 5.74) is 5.83. The smallest absolute Gasteiger partial charge is 0.328 e. The van der Waals surface area contributed by atoms with E-state index in [1.807, 2.05) is 0 Å². The number of ether oxygens (including phenoxy) is 1. The Morgan fingerprint density at radius 2 is 2.21 bits per heavy atom. The molecule has 0 atom stereocenters. The molecule has 0 bridgehead atoms. The van der Waals surface area contributed by atoms with Crippen molar-refractivity contribution in [2.24, 2.45) is 0 Å². The highest BCUT2D eigenvalue weighted by molar-refractivity contribution is 5.69. The number of nitrogen functional groups attached to an aromatic ring is 1. The number of hydrogen-bond acceptors (Lipinski definition) is 4. The van der Waals surface area contributed by atoms with E-state index in [1.54, 1.807) is 0 Å². The third kappa shape index (κ3) is 3.27. The van der Waals surface area contributed by atoms with Gasteiger partial charge < -0.3 is 10.5 Å². The second-order valence-corrected chi connectivity index (χ2v) is 3.84. The molecule has 0 radical (unpaired) electrons. The molecule has 0 spiro atoms. The highest BCUT2D eigenvalue weighted by atomic mass is 19.2. The van der Waals surface area contributed by atoms with Crippen LogP contribution in [0.3, 0.4) is 0 Å². The van der Waals surface area contributed by atoms with E-state index >= 15 is 0 Å². The predicted molar refractivity (Wildman–Crippen MR) is 62.8 cm³/mol. The molecule has 0 fully saturated rings. The molecule has 1 aromatic carbocycles. The SMILES string of the molecule is Nc1cnn(CC(=O)OCc2cccc(F)c2F)c1. The van der Waals surface area contributed by atoms with Gasteiger partial charge in [0.25, 0.3) is 0 Å². The molecular formula is C12H11F2N3O2. The predicted octanol–water partition coefficient (Wildman–Crippen LogP) is 1.49. The Balaban J connectivity index is 1.91. The number of rotatable bonds is 4. The van der Waals surface area contributed by atoms with Crippen LogP contribution in [0, 0.1) is 11.6 Å². The zero-order chi connectivity index (χ0) is 13.8. The molecule has 2 N–H and O–H groups in total. The van der Waals surface area contributed by atoms with Crippen LogP contribution in [0.5, 0.6) is 0 Å². The van der Waals surface area contributed by atoms with Crippen molar-refractivity contribution in [1.29, 1.82) is 0 Å². The molecule has 100 valence electrons. The van der Waals surface area contributed by atoms with Crippen molar-refractivity contribution in [3.63, 3.8) is 0 Å². The number of esters is 1. The van der Waals surface area contributed by atoms with E-state index in [0.717, 1.165) is 6.07 Å². The monoisotopic (exact) mass is 267 g/mol. The summed E-state index contributed by atoms with van der Waals surface area (Å²) in [5, 5.41) is 3.80. The second-order valence-electron chi connectivity index (χ2n) is 3.84. The van der Waals surface area contributed by atoms with Crippen LogP contribution < -0.4 is 5.73 Å². The summed E-state index contributed by atoms with van der Waals surface area (Å²) < 4.78 is 32.3. The van der Waals surface area contributed by atoms with Crippen molar-refractivity contribution in [3.8, 4) is 0 Å². The molecule has 7 heteroatoms. The van der Waals surface area contributed by atoms with Crippen LogP contribution >= 0.6 is 0 Å². The zero-order valence-corrected chi connectivity index (χ0v) is 9.85. The van der Waals surface area contributed by atoms with E-state index in [4.69, 9.17) is 10.5 Å². The number of halogens is 2. The lowest BCUT2D eigenvalue weighted by atomic mass is 10.2. The van der Waals surface area contributed by atoms with Crippen molar-refractivity contribution in [2.45, 2.75) is 13.2 Å². The first-order valence-electron chi connectivity index (χ1n) is 5.42. The van der Waals surface area contributed by atoms with Crippen molar-refractivity contribution < 1.29 is 18.3 Å². The molecule has 0 aliphatic carbocycles. The summed E-state index contributed by atoms with van der Waals surface area (Å²) in [6, 6.07) is 3.68. The van der Waals surface area contributed by atoms with Gasteiger partial charge in [0.1, 0.15) is 13.2 Å². The van der Waals surface area contributed by atoms with E-state index in [0.29, 0.717) is 5.69 Å². The fourth-order valence-electron chi connectivity index (χ4n) is 1.46. The van der Waals surface area contributed by atoms with Gasteiger partial charge in [0.2, 0.25) is 0 Å². The minimum Gasteiger partial charge on any atom is -0.459 e. The highest BCUT2D eigenvalue weighted by Crippen LogP contribution is 2.12. The number of anilines is 1. The maximum atomic E-state index is 13.3. The van der Waals surface area contributed by atoms with Gasteiger partial charge in [-0.15, -0.1) is 0 Å². The molecule has 1 heterocycles. The molecular weight excluding hydrogens is 256 g/mol. The van der Waals surface area contributed by atoms with Gasteiger partial charge in [-0.05, 0) is 6.07 Å². The molecule has 0 unspecified atom stereocenters. The minimum atomic E-state index is -1.02. The summed E-state index contributed by atoms with van der Waals surface area (Å²) in [7, 11) is 0. The fraction of sp³-hybridized carbons (Fsp3) is 0.167. The van der Waals surface area contributed by atoms with Crippen LogP contribution in [0.2, 0.25) is 0 Å². The summed E-state index contributed by atoms with van der Waals surface area (Å²) in [4.78, 5) is 11.5. The van der Waals surface area contributed by atoms with Gasteiger partial charge in [-0.25, -0.2) is 8.78 Å². The number of carbonyl (C=O) groups is 1. The number of hydrogen-bond donors (Lipinski definition) is 1. The van der Waals surface area contributed by atoms with Crippen molar-refractivity contribution in [3.05, 3.63) is 47.8 Å². The Kier molecular flexibility index (Phi) is 3.74. The van der Waals surface area contributed by atoms with Crippen LogP contribution in [0.25, 0.3) is 0 Å². The molecule has 0 saturated carbocycles. The van der Waals surface area contributed by atoms with Gasteiger partial charge in [0.15, 0.2) is 11.6 Å². The second kappa shape index (κ2) is 5.47. The lowest BCUT2D eigenvalue weighted by Crippen LogP contribution is -2.14. The first-order valence-corrected chi connectivity index (χ1v) is 5.42. The first-order chi connectivity index (χ1) is 9.06. The Labute approximate surface area is 107 Å². The van der Waals surface area contributed by atoms with Crippen molar-refractivity contribution in [2.75, 3.05) is 5.73 Å². The third-order valence-electron chi connectivity index (χ3n) is 2.36. The summed E-state index contributed by atoms with van der Waals surface area (Å²) in [5.74, 6) is -2.61. The summed E-state index contributed by atoms with van der Waals surface area (Å²) >= 11 is 0. The molecule has 0 amide bonds. The number of benzene rings is 1. The van der Waals surface area contributed by atoms with Gasteiger partial charge in [-0.2, -0.15) is 5.10 Å². The van der Waals surface area contributed by atoms with E-state index < -0.39 is 17.6 Å². The van der Waals surface area contributed by atoms with E-state index in [2.05, 4.69) is 5.10 Å². The maximum absolute atomic E-state index is 13.3. The fourth-order valence-corrected chi connectivity index (χ4v) is 1.46. The number of nitrogens with two attached hydrogens (primary N) is 1. The topological polar surface area (TPSA) is 70.1 Å². The first kappa shape index (κ1) is 13.0. The molecule has 0 saturated heterocycles. The Bertz CT molecular complexity index is 598. The molecule has 2 aromatic rings. The molecule has 2 rings (SSSR count). The van der Waals surface area contributed by atoms with Crippen LogP contribution in [0.1, 0.15) is 5.56 Å². The Hall–Kier alpha value is -2.44. The number of aromatic nitrogens is 2. The van der Waals surface area contributed by atoms with Crippen molar-refractivity contribution >= 4 is 11.7 Å². The van der Waals surface area contributed by atoms with Crippen LogP contribution in [-0.4, -0.2) is 15.7 Å². The van der Waals surface area contributed by atoms with Crippen LogP contribution in [0.4, 0.5) is 14.5 Å². The molecule has 0 aliphatic heterocycles. The average Bonchev–Trinajstić information content (AvgIpc) is 2.76. The van der Waals surface area contributed by atoms with Gasteiger partial charge in [0.05, 0.1) is 11.9 Å². The molecule has 1 aromatic heterocycles. The van der Waals surface area contributed by atoms with Gasteiger partial charge in [0, 0.05) is 11.8 Å². The normalized spacial score (nSPS) is 10.4. The van der Waals surface area contributed by atoms with Gasteiger partial charge in [-0.3, -0.25) is 9.48 Å². The standard InChI is InChI=1S/C12H11F2N3O2/c13-10-3-1-2-8(12(10)14)7-19-11(18)6-17-5-9(15)4-16-17/h1-5H,6-7,15H2. The lowest BCUT2D eigenvalue weighted by molar-refractivity contribution is -0.146. The summed E-state index contributed by atoms with van der Waals surface area (Å²) in [6.45, 7) is -0.479. The summed E-state index contributed by atoms with van der Waals surface area (Å²) in [6.07, 6.45) is 2.85. The highest BCUT2D eigenvalue weighted by Gasteiger charge is 2.11. The van der Waals surface area contributed by atoms with Crippen molar-refractivity contribution in [1.82, 2.24) is 9.78 Å². The van der Waals surface area contributed by atoms with Gasteiger partial charge in [-0.1, -0.05) is 12.1 Å². The van der Waals surface area contributed by atoms with E-state index in [-0.39, 0.29) is 18.7 Å². The maximum Gasteiger partial charge on any atom is 0.328 e. The number of carbonyl (C=O) groups excluding carboxylic acids is 1. The largest absolute Gasteiger partial charge is 0.459 e. The van der Waals surface area contributed by atoms with E-state index in [1.165, 1.54) is 29.2 Å². The van der Waals surface area contributed by atoms with Gasteiger partial charge >= 0.3 is 5.97 Å². The third-order valence-corrected chi connectivity index (χ3v) is 2.36. The zero-order valence-electron chi connectivity index (χ0n) is 9.85. The van der Waals surface area contributed by atoms with Crippen LogP contribution in [0.15, 0.2) is 30.6 Å². The Morgan fingerprint density at radius 3 is 2.89 bits per heavy atom. The van der Waals surface area contributed by atoms with E-state index in [9.17, 15) is 13.6 Å². The average molecular weight is 267 g/mol. The quantitative estimate of drug-likeness (QED) is 0.852.